The molecule has 2 nitrogen and oxygen atoms in total. The molecule has 1 rings (SSSR count). The first-order valence-corrected chi connectivity index (χ1v) is 2.28. The summed E-state index contributed by atoms with van der Waals surface area (Å²) in [6.07, 6.45) is 2.32. The van der Waals surface area contributed by atoms with Crippen molar-refractivity contribution in [2.75, 3.05) is 0 Å². The van der Waals surface area contributed by atoms with Crippen LogP contribution < -0.4 is 0 Å². The van der Waals surface area contributed by atoms with Gasteiger partial charge < -0.3 is 4.42 Å². The average molecular weight is 127 g/mol. The van der Waals surface area contributed by atoms with Crippen LogP contribution >= 0.6 is 11.6 Å². The predicted molar refractivity (Wildman–Crippen MR) is 27.3 cm³/mol. The van der Waals surface area contributed by atoms with Crippen molar-refractivity contribution >= 4 is 11.6 Å². The van der Waals surface area contributed by atoms with Gasteiger partial charge in [-0.15, -0.1) is 0 Å². The van der Waals surface area contributed by atoms with Gasteiger partial charge in [0.15, 0.2) is 6.26 Å². The van der Waals surface area contributed by atoms with E-state index in [1.165, 1.54) is 6.07 Å². The number of furan rings is 1. The lowest BCUT2D eigenvalue weighted by Gasteiger charge is -1.73. The summed E-state index contributed by atoms with van der Waals surface area (Å²) in [6, 6.07) is 3.15. The second-order valence-electron chi connectivity index (χ2n) is 1.15. The average Bonchev–Trinajstić information content (AvgIpc) is 2.14. The number of hydrogen-bond acceptors (Lipinski definition) is 2. The third-order valence-electron chi connectivity index (χ3n) is 0.665. The van der Waals surface area contributed by atoms with Gasteiger partial charge in [0.1, 0.15) is 6.07 Å². The Morgan fingerprint density at radius 3 is 2.88 bits per heavy atom. The molecule has 0 amide bonds. The summed E-state index contributed by atoms with van der Waals surface area (Å²) in [5, 5.41) is 8.47. The summed E-state index contributed by atoms with van der Waals surface area (Å²) >= 11 is 5.39. The molecule has 0 aliphatic rings. The van der Waals surface area contributed by atoms with Crippen molar-refractivity contribution in [3.63, 3.8) is 0 Å². The van der Waals surface area contributed by atoms with E-state index in [1.54, 1.807) is 6.07 Å². The highest BCUT2D eigenvalue weighted by molar-refractivity contribution is 6.31. The van der Waals surface area contributed by atoms with Crippen molar-refractivity contribution in [2.24, 2.45) is 0 Å². The summed E-state index contributed by atoms with van der Waals surface area (Å²) in [5.74, 6) is 0.117. The van der Waals surface area contributed by atoms with Crippen LogP contribution in [0.25, 0.3) is 0 Å². The minimum absolute atomic E-state index is 0.117. The van der Waals surface area contributed by atoms with Crippen LogP contribution in [0.15, 0.2) is 10.5 Å². The lowest BCUT2D eigenvalue weighted by Crippen LogP contribution is -1.61. The van der Waals surface area contributed by atoms with Gasteiger partial charge in [-0.05, 0) is 0 Å². The molecule has 3 heteroatoms. The Kier molecular flexibility index (Phi) is 1.23. The number of hydrogen-bond donors (Lipinski definition) is 0. The van der Waals surface area contributed by atoms with Crippen LogP contribution in [0.5, 0.6) is 0 Å². The minimum atomic E-state index is 0.117. The fraction of sp³-hybridized carbons (Fsp3) is 0. The van der Waals surface area contributed by atoms with Gasteiger partial charge in [0.2, 0.25) is 5.76 Å². The van der Waals surface area contributed by atoms with Crippen LogP contribution in [-0.4, -0.2) is 0 Å². The van der Waals surface area contributed by atoms with Gasteiger partial charge in [-0.1, -0.05) is 11.6 Å². The molecular formula is C5HClNO. The van der Waals surface area contributed by atoms with Crippen LogP contribution in [0, 0.1) is 17.6 Å². The number of nitriles is 1. The largest absolute Gasteiger partial charge is 0.441 e. The highest BCUT2D eigenvalue weighted by atomic mass is 35.5. The molecule has 8 heavy (non-hydrogen) atoms. The standard InChI is InChI=1S/C5HClNO/c6-4-1-2-8-5(4)3-7/h1H. The maximum atomic E-state index is 8.16. The van der Waals surface area contributed by atoms with Crippen molar-refractivity contribution in [1.29, 1.82) is 5.26 Å². The summed E-state index contributed by atoms with van der Waals surface area (Å²) in [5.41, 5.74) is 0. The van der Waals surface area contributed by atoms with Crippen LogP contribution in [0.3, 0.4) is 0 Å². The monoisotopic (exact) mass is 126 g/mol. The number of nitrogens with zero attached hydrogens (tertiary/aromatic N) is 1. The van der Waals surface area contributed by atoms with Gasteiger partial charge in [-0.3, -0.25) is 0 Å². The van der Waals surface area contributed by atoms with Gasteiger partial charge in [-0.25, -0.2) is 0 Å². The quantitative estimate of drug-likeness (QED) is 0.530. The molecule has 0 saturated heterocycles. The molecule has 0 bridgehead atoms. The molecule has 1 aromatic rings. The molecule has 1 aromatic heterocycles. The van der Waals surface area contributed by atoms with Crippen LogP contribution in [0.2, 0.25) is 5.02 Å². The van der Waals surface area contributed by atoms with E-state index in [0.29, 0.717) is 5.02 Å². The lowest BCUT2D eigenvalue weighted by molar-refractivity contribution is 0.544. The van der Waals surface area contributed by atoms with E-state index in [-0.39, 0.29) is 5.76 Å². The van der Waals surface area contributed by atoms with Gasteiger partial charge in [0.25, 0.3) is 0 Å². The molecule has 39 valence electrons. The van der Waals surface area contributed by atoms with E-state index >= 15 is 0 Å². The Bertz CT molecular complexity index is 223. The van der Waals surface area contributed by atoms with Crippen molar-refractivity contribution in [3.05, 3.63) is 23.1 Å². The Morgan fingerprint density at radius 2 is 2.62 bits per heavy atom. The normalized spacial score (nSPS) is 8.50. The lowest BCUT2D eigenvalue weighted by atomic mass is 10.5. The van der Waals surface area contributed by atoms with Crippen LogP contribution in [0.4, 0.5) is 0 Å². The highest BCUT2D eigenvalue weighted by Gasteiger charge is 1.99. The molecule has 1 heterocycles. The summed E-state index contributed by atoms with van der Waals surface area (Å²) in [6.45, 7) is 0. The summed E-state index contributed by atoms with van der Waals surface area (Å²) in [4.78, 5) is 0. The first kappa shape index (κ1) is 5.20. The first-order valence-electron chi connectivity index (χ1n) is 1.90. The van der Waals surface area contributed by atoms with Crippen molar-refractivity contribution in [2.45, 2.75) is 0 Å². The molecule has 0 N–H and O–H groups in total. The molecule has 0 aliphatic carbocycles. The van der Waals surface area contributed by atoms with E-state index < -0.39 is 0 Å². The molecule has 1 radical (unpaired) electrons. The Morgan fingerprint density at radius 1 is 1.88 bits per heavy atom. The molecule has 0 atom stereocenters. The highest BCUT2D eigenvalue weighted by Crippen LogP contribution is 2.13. The van der Waals surface area contributed by atoms with E-state index in [4.69, 9.17) is 16.9 Å². The topological polar surface area (TPSA) is 36.9 Å². The summed E-state index contributed by atoms with van der Waals surface area (Å²) in [7, 11) is 0. The Labute approximate surface area is 51.3 Å². The molecule has 0 aromatic carbocycles. The van der Waals surface area contributed by atoms with Gasteiger partial charge in [0, 0.05) is 6.07 Å². The first-order chi connectivity index (χ1) is 3.84. The maximum absolute atomic E-state index is 8.16. The third-order valence-corrected chi connectivity index (χ3v) is 0.946. The third kappa shape index (κ3) is 0.682. The van der Waals surface area contributed by atoms with E-state index in [9.17, 15) is 0 Å². The van der Waals surface area contributed by atoms with E-state index in [0.717, 1.165) is 0 Å². The van der Waals surface area contributed by atoms with E-state index in [2.05, 4.69) is 10.7 Å². The van der Waals surface area contributed by atoms with Crippen LogP contribution in [0.1, 0.15) is 5.76 Å². The molecule has 0 saturated carbocycles. The second kappa shape index (κ2) is 1.89. The fourth-order valence-electron chi connectivity index (χ4n) is 0.331. The van der Waals surface area contributed by atoms with E-state index in [1.807, 2.05) is 0 Å². The van der Waals surface area contributed by atoms with Crippen LogP contribution in [-0.2, 0) is 0 Å². The predicted octanol–water partition coefficient (Wildman–Crippen LogP) is 1.60. The molecule has 0 aliphatic heterocycles. The SMILES string of the molecule is N#Cc1o[c]cc1Cl. The maximum Gasteiger partial charge on any atom is 0.222 e. The zero-order chi connectivity index (χ0) is 5.98. The smallest absolute Gasteiger partial charge is 0.222 e. The van der Waals surface area contributed by atoms with Gasteiger partial charge >= 0.3 is 0 Å². The number of halogens is 1. The zero-order valence-corrected chi connectivity index (χ0v) is 4.57. The molecule has 0 unspecified atom stereocenters. The van der Waals surface area contributed by atoms with Crippen molar-refractivity contribution in [1.82, 2.24) is 0 Å². The second-order valence-corrected chi connectivity index (χ2v) is 1.56. The minimum Gasteiger partial charge on any atom is -0.441 e. The Balaban J connectivity index is 3.15. The van der Waals surface area contributed by atoms with Gasteiger partial charge in [0.05, 0.1) is 5.02 Å². The zero-order valence-electron chi connectivity index (χ0n) is 3.81. The van der Waals surface area contributed by atoms with Gasteiger partial charge in [-0.2, -0.15) is 5.26 Å². The summed E-state index contributed by atoms with van der Waals surface area (Å²) < 4.78 is 4.50. The molecular weight excluding hydrogens is 126 g/mol. The molecule has 0 fully saturated rings. The fourth-order valence-corrected chi connectivity index (χ4v) is 0.456. The van der Waals surface area contributed by atoms with Crippen molar-refractivity contribution in [3.8, 4) is 6.07 Å². The number of rotatable bonds is 0. The van der Waals surface area contributed by atoms with Crippen molar-refractivity contribution < 1.29 is 4.42 Å². The molecule has 0 spiro atoms. The Hall–Kier alpha value is -0.940.